The number of aryl methyl sites for hydroxylation is 1. The third kappa shape index (κ3) is 3.65. The largest absolute Gasteiger partial charge is 0.329 e. The predicted molar refractivity (Wildman–Crippen MR) is 83.9 cm³/mol. The SMILES string of the molecule is Cc1ccc(S(=O)(=O)NC(C)(CN)C2CC2)c(Cl)c1.Cl. The van der Waals surface area contributed by atoms with Gasteiger partial charge in [-0.2, -0.15) is 0 Å². The molecule has 1 saturated carbocycles. The topological polar surface area (TPSA) is 72.2 Å². The molecule has 1 aromatic rings. The lowest BCUT2D eigenvalue weighted by Gasteiger charge is -2.29. The van der Waals surface area contributed by atoms with Crippen molar-refractivity contribution < 1.29 is 8.42 Å². The first kappa shape index (κ1) is 17.7. The fraction of sp³-hybridized carbons (Fsp3) is 0.538. The number of rotatable bonds is 5. The number of hydrogen-bond acceptors (Lipinski definition) is 3. The van der Waals surface area contributed by atoms with Gasteiger partial charge in [0.25, 0.3) is 0 Å². The number of sulfonamides is 1. The highest BCUT2D eigenvalue weighted by Gasteiger charge is 2.43. The van der Waals surface area contributed by atoms with Crippen molar-refractivity contribution in [1.82, 2.24) is 4.72 Å². The Morgan fingerprint density at radius 1 is 1.45 bits per heavy atom. The van der Waals surface area contributed by atoms with Crippen molar-refractivity contribution >= 4 is 34.0 Å². The van der Waals surface area contributed by atoms with E-state index < -0.39 is 15.6 Å². The van der Waals surface area contributed by atoms with Crippen LogP contribution in [-0.2, 0) is 10.0 Å². The van der Waals surface area contributed by atoms with Crippen molar-refractivity contribution in [3.8, 4) is 0 Å². The van der Waals surface area contributed by atoms with Crippen molar-refractivity contribution in [2.45, 2.75) is 37.1 Å². The molecule has 1 atom stereocenters. The van der Waals surface area contributed by atoms with Crippen molar-refractivity contribution in [3.63, 3.8) is 0 Å². The summed E-state index contributed by atoms with van der Waals surface area (Å²) in [6.07, 6.45) is 2.02. The van der Waals surface area contributed by atoms with Gasteiger partial charge in [-0.05, 0) is 50.3 Å². The van der Waals surface area contributed by atoms with Gasteiger partial charge in [0, 0.05) is 12.1 Å². The summed E-state index contributed by atoms with van der Waals surface area (Å²) in [4.78, 5) is 0.111. The summed E-state index contributed by atoms with van der Waals surface area (Å²) in [6.45, 7) is 3.99. The Morgan fingerprint density at radius 2 is 2.05 bits per heavy atom. The zero-order valence-corrected chi connectivity index (χ0v) is 13.9. The van der Waals surface area contributed by atoms with Crippen LogP contribution in [0.1, 0.15) is 25.3 Å². The van der Waals surface area contributed by atoms with Crippen LogP contribution >= 0.6 is 24.0 Å². The molecule has 0 heterocycles. The highest BCUT2D eigenvalue weighted by atomic mass is 35.5. The van der Waals surface area contributed by atoms with E-state index in [1.165, 1.54) is 6.07 Å². The molecule has 1 fully saturated rings. The van der Waals surface area contributed by atoms with E-state index in [0.717, 1.165) is 18.4 Å². The summed E-state index contributed by atoms with van der Waals surface area (Å²) < 4.78 is 27.6. The van der Waals surface area contributed by atoms with Gasteiger partial charge in [0.05, 0.1) is 5.02 Å². The van der Waals surface area contributed by atoms with E-state index in [-0.39, 0.29) is 28.9 Å². The lowest BCUT2D eigenvalue weighted by Crippen LogP contribution is -2.53. The molecular weight excluding hydrogens is 319 g/mol. The molecule has 1 unspecified atom stereocenters. The molecule has 0 aliphatic heterocycles. The zero-order chi connectivity index (χ0) is 14.3. The van der Waals surface area contributed by atoms with Crippen molar-refractivity contribution in [1.29, 1.82) is 0 Å². The second kappa shape index (κ2) is 6.20. The van der Waals surface area contributed by atoms with Gasteiger partial charge in [0.2, 0.25) is 10.0 Å². The summed E-state index contributed by atoms with van der Waals surface area (Å²) >= 11 is 6.03. The minimum Gasteiger partial charge on any atom is -0.329 e. The molecule has 4 nitrogen and oxygen atoms in total. The van der Waals surface area contributed by atoms with E-state index >= 15 is 0 Å². The highest BCUT2D eigenvalue weighted by Crippen LogP contribution is 2.40. The van der Waals surface area contributed by atoms with Crippen LogP contribution < -0.4 is 10.5 Å². The first-order valence-electron chi connectivity index (χ1n) is 6.29. The molecule has 3 N–H and O–H groups in total. The van der Waals surface area contributed by atoms with E-state index in [1.807, 2.05) is 13.8 Å². The smallest absolute Gasteiger partial charge is 0.242 e. The van der Waals surface area contributed by atoms with Gasteiger partial charge >= 0.3 is 0 Å². The maximum absolute atomic E-state index is 12.4. The molecule has 1 aromatic carbocycles. The van der Waals surface area contributed by atoms with Gasteiger partial charge < -0.3 is 5.73 Å². The minimum absolute atomic E-state index is 0. The van der Waals surface area contributed by atoms with Crippen molar-refractivity contribution in [2.75, 3.05) is 6.54 Å². The summed E-state index contributed by atoms with van der Waals surface area (Å²) in [5.74, 6) is 0.316. The summed E-state index contributed by atoms with van der Waals surface area (Å²) in [7, 11) is -3.64. The van der Waals surface area contributed by atoms with E-state index in [1.54, 1.807) is 12.1 Å². The molecule has 0 amide bonds. The fourth-order valence-corrected chi connectivity index (χ4v) is 4.27. The second-order valence-corrected chi connectivity index (χ2v) is 7.49. The third-order valence-electron chi connectivity index (χ3n) is 3.65. The summed E-state index contributed by atoms with van der Waals surface area (Å²) in [5.41, 5.74) is 6.07. The van der Waals surface area contributed by atoms with Crippen LogP contribution in [0.25, 0.3) is 0 Å². The van der Waals surface area contributed by atoms with Gasteiger partial charge in [-0.25, -0.2) is 13.1 Å². The highest BCUT2D eigenvalue weighted by molar-refractivity contribution is 7.89. The predicted octanol–water partition coefficient (Wildman–Crippen LogP) is 2.48. The Bertz CT molecular complexity index is 588. The van der Waals surface area contributed by atoms with Crippen LogP contribution in [-0.4, -0.2) is 20.5 Å². The Morgan fingerprint density at radius 3 is 2.50 bits per heavy atom. The molecule has 0 radical (unpaired) electrons. The molecule has 7 heteroatoms. The van der Waals surface area contributed by atoms with E-state index in [9.17, 15) is 8.42 Å². The first-order chi connectivity index (χ1) is 8.78. The van der Waals surface area contributed by atoms with Crippen LogP contribution in [0.5, 0.6) is 0 Å². The molecule has 0 saturated heterocycles. The van der Waals surface area contributed by atoms with Gasteiger partial charge in [0.1, 0.15) is 4.90 Å². The van der Waals surface area contributed by atoms with E-state index in [0.29, 0.717) is 5.92 Å². The third-order valence-corrected chi connectivity index (χ3v) is 5.74. The average Bonchev–Trinajstić information content (AvgIpc) is 3.11. The molecule has 114 valence electrons. The summed E-state index contributed by atoms with van der Waals surface area (Å²) in [6, 6.07) is 4.91. The van der Waals surface area contributed by atoms with Gasteiger partial charge in [-0.3, -0.25) is 0 Å². The Hall–Kier alpha value is -0.330. The summed E-state index contributed by atoms with van der Waals surface area (Å²) in [5, 5.41) is 0.239. The van der Waals surface area contributed by atoms with Crippen LogP contribution in [0.2, 0.25) is 5.02 Å². The Kier molecular flexibility index (Phi) is 5.49. The minimum atomic E-state index is -3.64. The van der Waals surface area contributed by atoms with Gasteiger partial charge in [-0.1, -0.05) is 17.7 Å². The second-order valence-electron chi connectivity index (χ2n) is 5.44. The lowest BCUT2D eigenvalue weighted by molar-refractivity contribution is 0.374. The Balaban J connectivity index is 0.00000200. The average molecular weight is 339 g/mol. The van der Waals surface area contributed by atoms with Crippen molar-refractivity contribution in [2.24, 2.45) is 11.7 Å². The van der Waals surface area contributed by atoms with Crippen LogP contribution in [0.15, 0.2) is 23.1 Å². The van der Waals surface area contributed by atoms with Crippen molar-refractivity contribution in [3.05, 3.63) is 28.8 Å². The molecule has 0 spiro atoms. The fourth-order valence-electron chi connectivity index (χ4n) is 2.20. The number of nitrogens with one attached hydrogen (secondary N) is 1. The molecular formula is C13H20Cl2N2O2S. The number of halogens is 2. The number of benzene rings is 1. The number of hydrogen-bond donors (Lipinski definition) is 2. The molecule has 2 rings (SSSR count). The molecule has 20 heavy (non-hydrogen) atoms. The van der Waals surface area contributed by atoms with Crippen LogP contribution in [0.4, 0.5) is 0 Å². The first-order valence-corrected chi connectivity index (χ1v) is 8.15. The molecule has 0 aromatic heterocycles. The molecule has 1 aliphatic carbocycles. The maximum atomic E-state index is 12.4. The van der Waals surface area contributed by atoms with Gasteiger partial charge in [0.15, 0.2) is 0 Å². The van der Waals surface area contributed by atoms with Gasteiger partial charge in [-0.15, -0.1) is 12.4 Å². The maximum Gasteiger partial charge on any atom is 0.242 e. The molecule has 0 bridgehead atoms. The number of nitrogens with two attached hydrogens (primary N) is 1. The lowest BCUT2D eigenvalue weighted by atomic mass is 9.98. The van der Waals surface area contributed by atoms with E-state index in [2.05, 4.69) is 4.72 Å². The van der Waals surface area contributed by atoms with Crippen LogP contribution in [0.3, 0.4) is 0 Å². The standard InChI is InChI=1S/C13H19ClN2O2S.ClH/c1-9-3-6-12(11(14)7-9)19(17,18)16-13(2,8-15)10-4-5-10;/h3,6-7,10,16H,4-5,8,15H2,1-2H3;1H. The zero-order valence-electron chi connectivity index (χ0n) is 11.5. The normalized spacial score (nSPS) is 18.2. The molecule has 1 aliphatic rings. The quantitative estimate of drug-likeness (QED) is 0.866. The van der Waals surface area contributed by atoms with E-state index in [4.69, 9.17) is 17.3 Å². The monoisotopic (exact) mass is 338 g/mol. The van der Waals surface area contributed by atoms with Crippen LogP contribution in [0, 0.1) is 12.8 Å². The Labute approximate surface area is 131 Å².